The van der Waals surface area contributed by atoms with Gasteiger partial charge in [-0.05, 0) is 36.8 Å². The van der Waals surface area contributed by atoms with Gasteiger partial charge in [0.05, 0.1) is 13.7 Å². The molecule has 0 aliphatic rings. The van der Waals surface area contributed by atoms with Gasteiger partial charge in [-0.3, -0.25) is 9.59 Å². The standard InChI is InChI=1S/C24H27N5O4/c1-16(28-24(25)26)22(31)27-15-21(30)29-20(23(32)33-2)14-19-12-10-18(11-13-19)9-8-17-6-4-3-5-7-17/h3-7,10-13,16,20H,14-15H2,1-2H3,(H,27,31)(H,29,30)(H4,25,26,28)/t16-,20-/m0/s1. The van der Waals surface area contributed by atoms with E-state index in [1.807, 2.05) is 54.6 Å². The number of esters is 1. The van der Waals surface area contributed by atoms with Gasteiger partial charge in [-0.2, -0.15) is 0 Å². The van der Waals surface area contributed by atoms with Gasteiger partial charge in [-0.15, -0.1) is 0 Å². The Hall–Kier alpha value is -4.32. The largest absolute Gasteiger partial charge is 0.467 e. The zero-order chi connectivity index (χ0) is 24.2. The van der Waals surface area contributed by atoms with Crippen LogP contribution in [0.25, 0.3) is 0 Å². The molecule has 0 fully saturated rings. The van der Waals surface area contributed by atoms with Crippen LogP contribution >= 0.6 is 0 Å². The van der Waals surface area contributed by atoms with Crippen molar-refractivity contribution in [1.82, 2.24) is 10.6 Å². The molecule has 2 amide bonds. The molecule has 0 saturated heterocycles. The van der Waals surface area contributed by atoms with E-state index in [1.54, 1.807) is 0 Å². The summed E-state index contributed by atoms with van der Waals surface area (Å²) in [5.74, 6) is 4.24. The average molecular weight is 450 g/mol. The van der Waals surface area contributed by atoms with E-state index in [2.05, 4.69) is 27.5 Å². The fourth-order valence-corrected chi connectivity index (χ4v) is 2.80. The maximum atomic E-state index is 12.3. The molecule has 0 aliphatic heterocycles. The second kappa shape index (κ2) is 12.5. The number of amides is 2. The molecule has 9 nitrogen and oxygen atoms in total. The first kappa shape index (κ1) is 24.9. The molecule has 0 saturated carbocycles. The van der Waals surface area contributed by atoms with Gasteiger partial charge >= 0.3 is 5.97 Å². The summed E-state index contributed by atoms with van der Waals surface area (Å²) >= 11 is 0. The maximum Gasteiger partial charge on any atom is 0.328 e. The van der Waals surface area contributed by atoms with E-state index in [9.17, 15) is 14.4 Å². The van der Waals surface area contributed by atoms with Crippen molar-refractivity contribution in [2.75, 3.05) is 13.7 Å². The minimum Gasteiger partial charge on any atom is -0.467 e. The number of nitrogens with zero attached hydrogens (tertiary/aromatic N) is 1. The Labute approximate surface area is 192 Å². The molecule has 2 aromatic carbocycles. The van der Waals surface area contributed by atoms with Crippen molar-refractivity contribution < 1.29 is 19.1 Å². The number of nitrogens with two attached hydrogens (primary N) is 2. The number of methoxy groups -OCH3 is 1. The Kier molecular flexibility index (Phi) is 9.46. The normalized spacial score (nSPS) is 11.7. The molecule has 0 aliphatic carbocycles. The Balaban J connectivity index is 1.96. The summed E-state index contributed by atoms with van der Waals surface area (Å²) in [7, 11) is 1.24. The zero-order valence-corrected chi connectivity index (χ0v) is 18.5. The quantitative estimate of drug-likeness (QED) is 0.194. The number of carbonyl (C=O) groups is 3. The molecule has 0 spiro atoms. The van der Waals surface area contributed by atoms with Crippen LogP contribution in [-0.2, 0) is 25.5 Å². The predicted octanol–water partition coefficient (Wildman–Crippen LogP) is 0.0648. The molecule has 9 heteroatoms. The van der Waals surface area contributed by atoms with E-state index in [-0.39, 0.29) is 18.9 Å². The first-order valence-corrected chi connectivity index (χ1v) is 10.2. The Morgan fingerprint density at radius 2 is 1.61 bits per heavy atom. The third kappa shape index (κ3) is 8.75. The minimum atomic E-state index is -0.921. The van der Waals surface area contributed by atoms with Crippen LogP contribution in [0.3, 0.4) is 0 Å². The number of hydrogen-bond donors (Lipinski definition) is 4. The lowest BCUT2D eigenvalue weighted by atomic mass is 10.0. The summed E-state index contributed by atoms with van der Waals surface area (Å²) in [4.78, 5) is 40.0. The van der Waals surface area contributed by atoms with Crippen LogP contribution in [0.5, 0.6) is 0 Å². The molecule has 2 atom stereocenters. The van der Waals surface area contributed by atoms with Gasteiger partial charge in [-0.1, -0.05) is 42.2 Å². The number of ether oxygens (including phenoxy) is 1. The SMILES string of the molecule is COC(=O)[C@H](Cc1ccc(C#Cc2ccccc2)cc1)NC(=O)CNC(=O)[C@H](C)N=C(N)N. The lowest BCUT2D eigenvalue weighted by Gasteiger charge is -2.17. The van der Waals surface area contributed by atoms with Gasteiger partial charge in [0.2, 0.25) is 11.8 Å². The number of rotatable bonds is 8. The first-order valence-electron chi connectivity index (χ1n) is 10.2. The summed E-state index contributed by atoms with van der Waals surface area (Å²) in [6.45, 7) is 1.14. The Morgan fingerprint density at radius 1 is 1.00 bits per heavy atom. The third-order valence-electron chi connectivity index (χ3n) is 4.48. The van der Waals surface area contributed by atoms with E-state index in [4.69, 9.17) is 16.2 Å². The van der Waals surface area contributed by atoms with E-state index < -0.39 is 29.9 Å². The highest BCUT2D eigenvalue weighted by Gasteiger charge is 2.22. The molecule has 0 unspecified atom stereocenters. The molecule has 2 aromatic rings. The van der Waals surface area contributed by atoms with Gasteiger partial charge in [0.1, 0.15) is 12.1 Å². The van der Waals surface area contributed by atoms with Gasteiger partial charge < -0.3 is 26.8 Å². The summed E-state index contributed by atoms with van der Waals surface area (Å²) in [5.41, 5.74) is 13.0. The van der Waals surface area contributed by atoms with Crippen molar-refractivity contribution in [2.24, 2.45) is 16.5 Å². The summed E-state index contributed by atoms with van der Waals surface area (Å²) in [6.07, 6.45) is 0.211. The summed E-state index contributed by atoms with van der Waals surface area (Å²) < 4.78 is 4.80. The molecule has 0 radical (unpaired) electrons. The fraction of sp³-hybridized carbons (Fsp3) is 0.250. The molecule has 33 heavy (non-hydrogen) atoms. The second-order valence-corrected chi connectivity index (χ2v) is 7.11. The summed E-state index contributed by atoms with van der Waals surface area (Å²) in [6, 6.07) is 15.2. The molecule has 6 N–H and O–H groups in total. The number of nitrogens with one attached hydrogen (secondary N) is 2. The van der Waals surface area contributed by atoms with Crippen LogP contribution in [0.15, 0.2) is 59.6 Å². The van der Waals surface area contributed by atoms with Crippen LogP contribution in [0.4, 0.5) is 0 Å². The van der Waals surface area contributed by atoms with Gasteiger partial charge in [0, 0.05) is 17.5 Å². The molecule has 2 rings (SSSR count). The third-order valence-corrected chi connectivity index (χ3v) is 4.48. The number of hydrogen-bond acceptors (Lipinski definition) is 5. The Morgan fingerprint density at radius 3 is 2.18 bits per heavy atom. The van der Waals surface area contributed by atoms with Crippen LogP contribution in [0.2, 0.25) is 0 Å². The van der Waals surface area contributed by atoms with Crippen molar-refractivity contribution in [3.05, 3.63) is 71.3 Å². The highest BCUT2D eigenvalue weighted by Crippen LogP contribution is 2.08. The zero-order valence-electron chi connectivity index (χ0n) is 18.5. The van der Waals surface area contributed by atoms with Crippen molar-refractivity contribution in [3.63, 3.8) is 0 Å². The highest BCUT2D eigenvalue weighted by molar-refractivity contribution is 5.90. The van der Waals surface area contributed by atoms with E-state index in [0.717, 1.165) is 16.7 Å². The predicted molar refractivity (Wildman–Crippen MR) is 125 cm³/mol. The fourth-order valence-electron chi connectivity index (χ4n) is 2.80. The molecular weight excluding hydrogens is 422 g/mol. The second-order valence-electron chi connectivity index (χ2n) is 7.11. The van der Waals surface area contributed by atoms with Gasteiger partial charge in [-0.25, -0.2) is 9.79 Å². The number of guanidine groups is 1. The minimum absolute atomic E-state index is 0.211. The van der Waals surface area contributed by atoms with Crippen LogP contribution in [-0.4, -0.2) is 49.5 Å². The lowest BCUT2D eigenvalue weighted by Crippen LogP contribution is -2.48. The first-order chi connectivity index (χ1) is 15.8. The molecule has 0 heterocycles. The van der Waals surface area contributed by atoms with Crippen molar-refractivity contribution in [2.45, 2.75) is 25.4 Å². The van der Waals surface area contributed by atoms with Crippen molar-refractivity contribution in [3.8, 4) is 11.8 Å². The van der Waals surface area contributed by atoms with E-state index in [1.165, 1.54) is 14.0 Å². The molecule has 0 bridgehead atoms. The van der Waals surface area contributed by atoms with Crippen LogP contribution < -0.4 is 22.1 Å². The monoisotopic (exact) mass is 449 g/mol. The highest BCUT2D eigenvalue weighted by atomic mass is 16.5. The van der Waals surface area contributed by atoms with Gasteiger partial charge in [0.25, 0.3) is 0 Å². The number of aliphatic imine (C=N–C) groups is 1. The average Bonchev–Trinajstić information content (AvgIpc) is 2.81. The molecular formula is C24H27N5O4. The van der Waals surface area contributed by atoms with Crippen molar-refractivity contribution in [1.29, 1.82) is 0 Å². The number of benzene rings is 2. The topological polar surface area (TPSA) is 149 Å². The van der Waals surface area contributed by atoms with Gasteiger partial charge in [0.15, 0.2) is 5.96 Å². The maximum absolute atomic E-state index is 12.3. The Bertz CT molecular complexity index is 1050. The molecule has 0 aromatic heterocycles. The van der Waals surface area contributed by atoms with E-state index >= 15 is 0 Å². The van der Waals surface area contributed by atoms with Crippen LogP contribution in [0, 0.1) is 11.8 Å². The summed E-state index contributed by atoms with van der Waals surface area (Å²) in [5, 5.41) is 4.98. The molecule has 172 valence electrons. The lowest BCUT2D eigenvalue weighted by molar-refractivity contribution is -0.145. The number of carbonyl (C=O) groups excluding carboxylic acids is 3. The van der Waals surface area contributed by atoms with E-state index in [0.29, 0.717) is 0 Å². The smallest absolute Gasteiger partial charge is 0.328 e. The van der Waals surface area contributed by atoms with Crippen molar-refractivity contribution >= 4 is 23.7 Å². The van der Waals surface area contributed by atoms with Crippen LogP contribution in [0.1, 0.15) is 23.6 Å².